The molecule has 2 nitrogen and oxygen atoms in total. The van der Waals surface area contributed by atoms with Crippen LogP contribution < -0.4 is 0 Å². The van der Waals surface area contributed by atoms with E-state index in [-0.39, 0.29) is 0 Å². The van der Waals surface area contributed by atoms with Gasteiger partial charge in [-0.15, -0.1) is 0 Å². The molecule has 68 valence electrons. The van der Waals surface area contributed by atoms with Crippen molar-refractivity contribution in [1.82, 2.24) is 9.13 Å². The van der Waals surface area contributed by atoms with Gasteiger partial charge in [-0.05, 0) is 12.1 Å². The van der Waals surface area contributed by atoms with Crippen molar-refractivity contribution in [2.45, 2.75) is 9.79 Å². The number of hydrogen-bond donors (Lipinski definition) is 0. The van der Waals surface area contributed by atoms with Gasteiger partial charge in [-0.1, -0.05) is 11.8 Å². The monoisotopic (exact) mass is 192 g/mol. The molecular weight excluding hydrogens is 180 g/mol. The molecule has 0 aliphatic rings. The van der Waals surface area contributed by atoms with Gasteiger partial charge >= 0.3 is 0 Å². The van der Waals surface area contributed by atoms with Crippen molar-refractivity contribution in [2.24, 2.45) is 14.1 Å². The third kappa shape index (κ3) is 1.98. The van der Waals surface area contributed by atoms with Gasteiger partial charge in [-0.25, -0.2) is 0 Å². The lowest BCUT2D eigenvalue weighted by Crippen LogP contribution is -1.77. The molecule has 0 radical (unpaired) electrons. The van der Waals surface area contributed by atoms with Gasteiger partial charge in [0, 0.05) is 48.7 Å². The smallest absolute Gasteiger partial charge is 0.0299 e. The van der Waals surface area contributed by atoms with Crippen LogP contribution in [0, 0.1) is 0 Å². The van der Waals surface area contributed by atoms with E-state index in [2.05, 4.69) is 46.1 Å². The normalized spacial score (nSPS) is 10.6. The molecule has 0 spiro atoms. The standard InChI is InChI=1S/C10H12N2S/c1-11-5-3-9(7-11)13-10-4-6-12(2)8-10/h3-8H,1-2H3. The average Bonchev–Trinajstić information content (AvgIpc) is 2.62. The van der Waals surface area contributed by atoms with Crippen LogP contribution >= 0.6 is 11.8 Å². The van der Waals surface area contributed by atoms with Crippen LogP contribution in [0.15, 0.2) is 46.7 Å². The largest absolute Gasteiger partial charge is 0.356 e. The predicted molar refractivity (Wildman–Crippen MR) is 54.9 cm³/mol. The van der Waals surface area contributed by atoms with Gasteiger partial charge in [0.25, 0.3) is 0 Å². The van der Waals surface area contributed by atoms with Crippen LogP contribution in [0.5, 0.6) is 0 Å². The topological polar surface area (TPSA) is 9.86 Å². The molecule has 13 heavy (non-hydrogen) atoms. The maximum atomic E-state index is 2.12. The Hall–Kier alpha value is -1.09. The van der Waals surface area contributed by atoms with E-state index in [0.717, 1.165) is 0 Å². The van der Waals surface area contributed by atoms with E-state index in [1.807, 2.05) is 14.1 Å². The Kier molecular flexibility index (Phi) is 2.19. The Labute approximate surface area is 82.2 Å². The van der Waals surface area contributed by atoms with Crippen LogP contribution in [0.4, 0.5) is 0 Å². The second kappa shape index (κ2) is 3.34. The molecule has 2 aromatic rings. The first-order valence-corrected chi connectivity index (χ1v) is 4.97. The minimum Gasteiger partial charge on any atom is -0.356 e. The van der Waals surface area contributed by atoms with Crippen molar-refractivity contribution < 1.29 is 0 Å². The van der Waals surface area contributed by atoms with Crippen molar-refractivity contribution in [3.8, 4) is 0 Å². The van der Waals surface area contributed by atoms with Crippen molar-refractivity contribution in [1.29, 1.82) is 0 Å². The molecule has 2 heterocycles. The first-order chi connectivity index (χ1) is 6.24. The van der Waals surface area contributed by atoms with E-state index in [1.54, 1.807) is 11.8 Å². The lowest BCUT2D eigenvalue weighted by molar-refractivity contribution is 0.918. The molecule has 2 rings (SSSR count). The zero-order valence-electron chi connectivity index (χ0n) is 7.77. The number of hydrogen-bond acceptors (Lipinski definition) is 1. The maximum absolute atomic E-state index is 2.12. The summed E-state index contributed by atoms with van der Waals surface area (Å²) in [6.07, 6.45) is 8.37. The van der Waals surface area contributed by atoms with E-state index in [0.29, 0.717) is 0 Å². The number of nitrogens with zero attached hydrogens (tertiary/aromatic N) is 2. The summed E-state index contributed by atoms with van der Waals surface area (Å²) in [5, 5.41) is 0. The molecule has 3 heteroatoms. The van der Waals surface area contributed by atoms with E-state index in [1.165, 1.54) is 9.79 Å². The van der Waals surface area contributed by atoms with E-state index < -0.39 is 0 Å². The second-order valence-electron chi connectivity index (χ2n) is 3.13. The van der Waals surface area contributed by atoms with Gasteiger partial charge < -0.3 is 9.13 Å². The Balaban J connectivity index is 2.14. The molecule has 0 atom stereocenters. The summed E-state index contributed by atoms with van der Waals surface area (Å²) in [4.78, 5) is 2.57. The SMILES string of the molecule is Cn1ccc(Sc2ccn(C)c2)c1. The summed E-state index contributed by atoms with van der Waals surface area (Å²) < 4.78 is 4.12. The minimum atomic E-state index is 1.29. The highest BCUT2D eigenvalue weighted by molar-refractivity contribution is 7.99. The molecule has 0 amide bonds. The Bertz CT molecular complexity index is 362. The van der Waals surface area contributed by atoms with Crippen LogP contribution in [0.25, 0.3) is 0 Å². The van der Waals surface area contributed by atoms with Crippen molar-refractivity contribution in [3.63, 3.8) is 0 Å². The molecule has 0 unspecified atom stereocenters. The minimum absolute atomic E-state index is 1.29. The van der Waals surface area contributed by atoms with Gasteiger partial charge in [-0.2, -0.15) is 0 Å². The Morgan fingerprint density at radius 1 is 0.923 bits per heavy atom. The van der Waals surface area contributed by atoms with E-state index in [9.17, 15) is 0 Å². The summed E-state index contributed by atoms with van der Waals surface area (Å²) in [7, 11) is 4.07. The highest BCUT2D eigenvalue weighted by atomic mass is 32.2. The molecule has 0 aliphatic heterocycles. The zero-order valence-corrected chi connectivity index (χ0v) is 8.58. The maximum Gasteiger partial charge on any atom is 0.0299 e. The van der Waals surface area contributed by atoms with Gasteiger partial charge in [0.2, 0.25) is 0 Å². The van der Waals surface area contributed by atoms with Gasteiger partial charge in [0.05, 0.1) is 0 Å². The van der Waals surface area contributed by atoms with Gasteiger partial charge in [-0.3, -0.25) is 0 Å². The van der Waals surface area contributed by atoms with Crippen LogP contribution in [0.3, 0.4) is 0 Å². The fourth-order valence-electron chi connectivity index (χ4n) is 1.21. The van der Waals surface area contributed by atoms with Crippen molar-refractivity contribution in [3.05, 3.63) is 36.9 Å². The van der Waals surface area contributed by atoms with Gasteiger partial charge in [0.15, 0.2) is 0 Å². The van der Waals surface area contributed by atoms with E-state index in [4.69, 9.17) is 0 Å². The molecule has 0 aromatic carbocycles. The third-order valence-electron chi connectivity index (χ3n) is 1.85. The molecule has 0 saturated carbocycles. The zero-order chi connectivity index (χ0) is 9.26. The Morgan fingerprint density at radius 3 is 1.69 bits per heavy atom. The fraction of sp³-hybridized carbons (Fsp3) is 0.200. The third-order valence-corrected chi connectivity index (χ3v) is 2.80. The molecule has 0 bridgehead atoms. The molecule has 0 N–H and O–H groups in total. The van der Waals surface area contributed by atoms with Crippen LogP contribution in [-0.2, 0) is 14.1 Å². The van der Waals surface area contributed by atoms with E-state index >= 15 is 0 Å². The Morgan fingerprint density at radius 2 is 1.38 bits per heavy atom. The number of rotatable bonds is 2. The highest BCUT2D eigenvalue weighted by Crippen LogP contribution is 2.27. The quantitative estimate of drug-likeness (QED) is 0.710. The van der Waals surface area contributed by atoms with Crippen LogP contribution in [0.1, 0.15) is 0 Å². The first kappa shape index (κ1) is 8.51. The lowest BCUT2D eigenvalue weighted by Gasteiger charge is -1.92. The summed E-state index contributed by atoms with van der Waals surface area (Å²) in [6.45, 7) is 0. The molecule has 0 aliphatic carbocycles. The average molecular weight is 192 g/mol. The van der Waals surface area contributed by atoms with Crippen LogP contribution in [-0.4, -0.2) is 9.13 Å². The second-order valence-corrected chi connectivity index (χ2v) is 4.27. The molecule has 0 fully saturated rings. The molecular formula is C10H12N2S. The summed E-state index contributed by atoms with van der Waals surface area (Å²) in [5.74, 6) is 0. The lowest BCUT2D eigenvalue weighted by atomic mass is 10.7. The number of aryl methyl sites for hydroxylation is 2. The predicted octanol–water partition coefficient (Wildman–Crippen LogP) is 2.51. The first-order valence-electron chi connectivity index (χ1n) is 4.16. The van der Waals surface area contributed by atoms with Gasteiger partial charge in [0.1, 0.15) is 0 Å². The highest BCUT2D eigenvalue weighted by Gasteiger charge is 1.98. The van der Waals surface area contributed by atoms with Crippen LogP contribution in [0.2, 0.25) is 0 Å². The number of aromatic nitrogens is 2. The van der Waals surface area contributed by atoms with Crippen molar-refractivity contribution in [2.75, 3.05) is 0 Å². The molecule has 2 aromatic heterocycles. The van der Waals surface area contributed by atoms with Crippen molar-refractivity contribution >= 4 is 11.8 Å². The summed E-state index contributed by atoms with van der Waals surface area (Å²) in [5.41, 5.74) is 0. The molecule has 0 saturated heterocycles. The summed E-state index contributed by atoms with van der Waals surface area (Å²) >= 11 is 1.79. The fourth-order valence-corrected chi connectivity index (χ4v) is 2.18. The summed E-state index contributed by atoms with van der Waals surface area (Å²) in [6, 6.07) is 4.25.